The zero-order chi connectivity index (χ0) is 33.7. The molecule has 0 aliphatic carbocycles. The number of nitrogens with zero attached hydrogens (tertiary/aromatic N) is 6. The van der Waals surface area contributed by atoms with E-state index in [0.29, 0.717) is 34.4 Å². The predicted molar refractivity (Wildman–Crippen MR) is 198 cm³/mol. The van der Waals surface area contributed by atoms with Gasteiger partial charge >= 0.3 is 0 Å². The lowest BCUT2D eigenvalue weighted by Gasteiger charge is -2.11. The fourth-order valence-electron chi connectivity index (χ4n) is 5.88. The third-order valence-electron chi connectivity index (χ3n) is 8.40. The molecule has 0 radical (unpaired) electrons. The van der Waals surface area contributed by atoms with E-state index in [1.54, 1.807) is 6.07 Å². The molecule has 234 valence electrons. The number of aromatic nitrogens is 5. The highest BCUT2D eigenvalue weighted by atomic mass is 15.0. The van der Waals surface area contributed by atoms with Crippen molar-refractivity contribution in [2.45, 2.75) is 0 Å². The molecule has 0 aliphatic rings. The van der Waals surface area contributed by atoms with Gasteiger partial charge < -0.3 is 0 Å². The van der Waals surface area contributed by atoms with Crippen LogP contribution in [0.2, 0.25) is 0 Å². The molecular formula is C44H28N6. The van der Waals surface area contributed by atoms with Crippen LogP contribution in [-0.4, -0.2) is 24.9 Å². The summed E-state index contributed by atoms with van der Waals surface area (Å²) < 4.78 is 0. The van der Waals surface area contributed by atoms with Crippen molar-refractivity contribution < 1.29 is 0 Å². The van der Waals surface area contributed by atoms with Gasteiger partial charge in [0.25, 0.3) is 0 Å². The quantitative estimate of drug-likeness (QED) is 0.172. The van der Waals surface area contributed by atoms with Crippen molar-refractivity contribution in [1.29, 1.82) is 5.26 Å². The van der Waals surface area contributed by atoms with Crippen LogP contribution in [0.3, 0.4) is 0 Å². The maximum absolute atomic E-state index is 9.84. The second-order valence-corrected chi connectivity index (χ2v) is 11.7. The summed E-state index contributed by atoms with van der Waals surface area (Å²) in [6.07, 6.45) is 0. The standard InChI is InChI=1S/C44H28N6/c45-29-37-20-10-11-25-38(37)44-49-41(32-18-8-3-9-19-32)48-43(50-44)36-24-13-22-34(27-36)33-21-12-23-35(26-33)42-46-39(30-14-4-1-5-15-30)28-40(47-42)31-16-6-2-7-17-31/h1-28H. The van der Waals surface area contributed by atoms with E-state index in [2.05, 4.69) is 54.6 Å². The van der Waals surface area contributed by atoms with E-state index in [0.717, 1.165) is 50.3 Å². The first-order valence-corrected chi connectivity index (χ1v) is 16.2. The summed E-state index contributed by atoms with van der Waals surface area (Å²) in [5.74, 6) is 2.15. The lowest BCUT2D eigenvalue weighted by Crippen LogP contribution is -2.01. The van der Waals surface area contributed by atoms with Crippen LogP contribution in [-0.2, 0) is 0 Å². The van der Waals surface area contributed by atoms with E-state index in [-0.39, 0.29) is 0 Å². The van der Waals surface area contributed by atoms with Gasteiger partial charge in [-0.1, -0.05) is 140 Å². The molecule has 0 fully saturated rings. The molecule has 0 N–H and O–H groups in total. The third-order valence-corrected chi connectivity index (χ3v) is 8.40. The first kappa shape index (κ1) is 30.2. The predicted octanol–water partition coefficient (Wildman–Crippen LogP) is 10.2. The Hall–Kier alpha value is -7.10. The molecule has 2 heterocycles. The van der Waals surface area contributed by atoms with E-state index in [1.807, 2.05) is 115 Å². The van der Waals surface area contributed by atoms with Crippen LogP contribution < -0.4 is 0 Å². The van der Waals surface area contributed by atoms with Gasteiger partial charge in [-0.3, -0.25) is 0 Å². The molecule has 0 amide bonds. The van der Waals surface area contributed by atoms with Gasteiger partial charge in [0.2, 0.25) is 0 Å². The summed E-state index contributed by atoms with van der Waals surface area (Å²) in [6, 6.07) is 58.3. The van der Waals surface area contributed by atoms with Gasteiger partial charge in [0.15, 0.2) is 23.3 Å². The Kier molecular flexibility index (Phi) is 8.20. The average molecular weight is 641 g/mol. The topological polar surface area (TPSA) is 88.2 Å². The van der Waals surface area contributed by atoms with Crippen LogP contribution in [0.4, 0.5) is 0 Å². The Morgan fingerprint density at radius 3 is 1.26 bits per heavy atom. The van der Waals surface area contributed by atoms with Crippen molar-refractivity contribution in [1.82, 2.24) is 24.9 Å². The van der Waals surface area contributed by atoms with Gasteiger partial charge in [-0.15, -0.1) is 0 Å². The third kappa shape index (κ3) is 6.27. The molecular weight excluding hydrogens is 613 g/mol. The van der Waals surface area contributed by atoms with Crippen molar-refractivity contribution in [2.24, 2.45) is 0 Å². The molecule has 0 aliphatic heterocycles. The molecule has 2 aromatic heterocycles. The van der Waals surface area contributed by atoms with Crippen molar-refractivity contribution in [3.05, 3.63) is 175 Å². The Labute approximate surface area is 290 Å². The lowest BCUT2D eigenvalue weighted by atomic mass is 10.00. The summed E-state index contributed by atoms with van der Waals surface area (Å²) in [4.78, 5) is 24.7. The summed E-state index contributed by atoms with van der Waals surface area (Å²) in [5.41, 5.74) is 9.54. The van der Waals surface area contributed by atoms with Gasteiger partial charge in [-0.25, -0.2) is 24.9 Å². The molecule has 8 rings (SSSR count). The maximum atomic E-state index is 9.84. The Balaban J connectivity index is 1.22. The van der Waals surface area contributed by atoms with E-state index in [4.69, 9.17) is 24.9 Å². The van der Waals surface area contributed by atoms with Gasteiger partial charge in [-0.2, -0.15) is 5.26 Å². The highest BCUT2D eigenvalue weighted by molar-refractivity contribution is 5.77. The molecule has 0 saturated heterocycles. The van der Waals surface area contributed by atoms with Crippen LogP contribution in [0.25, 0.3) is 79.2 Å². The van der Waals surface area contributed by atoms with Crippen molar-refractivity contribution in [3.8, 4) is 85.3 Å². The van der Waals surface area contributed by atoms with Gasteiger partial charge in [0.05, 0.1) is 23.0 Å². The van der Waals surface area contributed by atoms with E-state index >= 15 is 0 Å². The minimum absolute atomic E-state index is 0.447. The van der Waals surface area contributed by atoms with Crippen LogP contribution >= 0.6 is 0 Å². The number of nitriles is 1. The van der Waals surface area contributed by atoms with Crippen molar-refractivity contribution >= 4 is 0 Å². The number of rotatable bonds is 7. The first-order chi connectivity index (χ1) is 24.7. The second kappa shape index (κ2) is 13.6. The zero-order valence-corrected chi connectivity index (χ0v) is 26.8. The van der Waals surface area contributed by atoms with Crippen LogP contribution in [0.15, 0.2) is 170 Å². The monoisotopic (exact) mass is 640 g/mol. The van der Waals surface area contributed by atoms with E-state index in [9.17, 15) is 5.26 Å². The molecule has 50 heavy (non-hydrogen) atoms. The second-order valence-electron chi connectivity index (χ2n) is 11.7. The molecule has 0 bridgehead atoms. The summed E-state index contributed by atoms with van der Waals surface area (Å²) in [7, 11) is 0. The molecule has 0 saturated carbocycles. The highest BCUT2D eigenvalue weighted by Crippen LogP contribution is 2.32. The molecule has 0 atom stereocenters. The zero-order valence-electron chi connectivity index (χ0n) is 26.8. The molecule has 0 unspecified atom stereocenters. The number of benzene rings is 6. The minimum atomic E-state index is 0.447. The first-order valence-electron chi connectivity index (χ1n) is 16.2. The minimum Gasteiger partial charge on any atom is -0.228 e. The van der Waals surface area contributed by atoms with Gasteiger partial charge in [0, 0.05) is 33.4 Å². The summed E-state index contributed by atoms with van der Waals surface area (Å²) in [6.45, 7) is 0. The van der Waals surface area contributed by atoms with Crippen LogP contribution in [0.5, 0.6) is 0 Å². The van der Waals surface area contributed by atoms with E-state index in [1.165, 1.54) is 0 Å². The lowest BCUT2D eigenvalue weighted by molar-refractivity contribution is 1.07. The molecule has 6 nitrogen and oxygen atoms in total. The average Bonchev–Trinajstić information content (AvgIpc) is 3.21. The van der Waals surface area contributed by atoms with Crippen molar-refractivity contribution in [2.75, 3.05) is 0 Å². The fourth-order valence-corrected chi connectivity index (χ4v) is 5.88. The molecule has 6 aromatic carbocycles. The summed E-state index contributed by atoms with van der Waals surface area (Å²) in [5, 5.41) is 9.84. The fraction of sp³-hybridized carbons (Fsp3) is 0. The smallest absolute Gasteiger partial charge is 0.165 e. The normalized spacial score (nSPS) is 10.8. The van der Waals surface area contributed by atoms with E-state index < -0.39 is 0 Å². The molecule has 6 heteroatoms. The highest BCUT2D eigenvalue weighted by Gasteiger charge is 2.16. The SMILES string of the molecule is N#Cc1ccccc1-c1nc(-c2ccccc2)nc(-c2cccc(-c3cccc(-c4nc(-c5ccccc5)cc(-c5ccccc5)n4)c3)c2)n1. The molecule has 0 spiro atoms. The Bertz CT molecular complexity index is 2430. The van der Waals surface area contributed by atoms with Gasteiger partial charge in [-0.05, 0) is 41.5 Å². The Morgan fingerprint density at radius 1 is 0.320 bits per heavy atom. The van der Waals surface area contributed by atoms with Gasteiger partial charge in [0.1, 0.15) is 0 Å². The Morgan fingerprint density at radius 2 is 0.720 bits per heavy atom. The van der Waals surface area contributed by atoms with Crippen LogP contribution in [0.1, 0.15) is 5.56 Å². The largest absolute Gasteiger partial charge is 0.228 e. The maximum Gasteiger partial charge on any atom is 0.165 e. The molecule has 8 aromatic rings. The number of hydrogen-bond acceptors (Lipinski definition) is 6. The summed E-state index contributed by atoms with van der Waals surface area (Å²) >= 11 is 0. The number of hydrogen-bond donors (Lipinski definition) is 0. The van der Waals surface area contributed by atoms with Crippen molar-refractivity contribution in [3.63, 3.8) is 0 Å². The van der Waals surface area contributed by atoms with Crippen LogP contribution in [0, 0.1) is 11.3 Å².